The number of hydrogen-bond donors (Lipinski definition) is 0. The Morgan fingerprint density at radius 1 is 1.21 bits per heavy atom. The number of cyclic esters (lactones) is 2. The third kappa shape index (κ3) is 3.83. The Hall–Kier alpha value is -3.36. The fourth-order valence-corrected chi connectivity index (χ4v) is 2.79. The third-order valence-corrected chi connectivity index (χ3v) is 4.01. The van der Waals surface area contributed by atoms with Crippen molar-refractivity contribution in [2.24, 2.45) is 10.9 Å². The number of amidine groups is 1. The largest absolute Gasteiger partial charge is 0.496 e. The first-order valence-electron chi connectivity index (χ1n) is 8.50. The van der Waals surface area contributed by atoms with Gasteiger partial charge < -0.3 is 23.5 Å². The van der Waals surface area contributed by atoms with Crippen molar-refractivity contribution in [3.05, 3.63) is 30.8 Å². The topological polar surface area (TPSA) is 103 Å². The molecule has 0 saturated carbocycles. The third-order valence-electron chi connectivity index (χ3n) is 4.01. The van der Waals surface area contributed by atoms with Crippen LogP contribution in [-0.4, -0.2) is 54.7 Å². The summed E-state index contributed by atoms with van der Waals surface area (Å²) in [5.74, 6) is -2.75. The number of hydrogen-bond acceptors (Lipinski definition) is 8. The minimum absolute atomic E-state index is 0.194. The number of esters is 2. The number of carbonyl (C=O) groups is 2. The summed E-state index contributed by atoms with van der Waals surface area (Å²) in [6, 6.07) is 5.14. The summed E-state index contributed by atoms with van der Waals surface area (Å²) in [6.45, 7) is 3.00. The first kappa shape index (κ1) is 19.4. The van der Waals surface area contributed by atoms with Crippen LogP contribution in [-0.2, 0) is 19.1 Å². The zero-order valence-electron chi connectivity index (χ0n) is 16.3. The average Bonchev–Trinajstić information content (AvgIpc) is 3.13. The summed E-state index contributed by atoms with van der Waals surface area (Å²) in [5, 5.41) is 0. The normalized spacial score (nSPS) is 17.1. The maximum absolute atomic E-state index is 12.4. The fraction of sp³-hybridized carbons (Fsp3) is 0.368. The molecular formula is C19H21N3O6. The average molecular weight is 387 g/mol. The van der Waals surface area contributed by atoms with E-state index in [4.69, 9.17) is 18.6 Å². The number of aliphatic imine (C=N–C) groups is 1. The van der Waals surface area contributed by atoms with Gasteiger partial charge in [-0.1, -0.05) is 0 Å². The Labute approximate surface area is 161 Å². The molecule has 0 atom stereocenters. The lowest BCUT2D eigenvalue weighted by atomic mass is 10.1. The van der Waals surface area contributed by atoms with Crippen LogP contribution in [0.25, 0.3) is 11.3 Å². The van der Waals surface area contributed by atoms with Gasteiger partial charge in [-0.15, -0.1) is 0 Å². The highest BCUT2D eigenvalue weighted by Crippen LogP contribution is 2.34. The summed E-state index contributed by atoms with van der Waals surface area (Å²) >= 11 is 0. The molecule has 1 saturated heterocycles. The van der Waals surface area contributed by atoms with Gasteiger partial charge in [-0.05, 0) is 12.1 Å². The SMILES string of the molecule is COc1cc(N=C(C2C(=O)OC(C)(C)OC2=O)N(C)C)ccc1-c1cnco1. The summed E-state index contributed by atoms with van der Waals surface area (Å²) < 4.78 is 21.1. The van der Waals surface area contributed by atoms with Crippen LogP contribution in [0.4, 0.5) is 5.69 Å². The maximum Gasteiger partial charge on any atom is 0.331 e. The predicted octanol–water partition coefficient (Wildman–Crippen LogP) is 2.39. The molecule has 28 heavy (non-hydrogen) atoms. The van der Waals surface area contributed by atoms with Crippen LogP contribution in [0.3, 0.4) is 0 Å². The highest BCUT2D eigenvalue weighted by molar-refractivity contribution is 6.17. The van der Waals surface area contributed by atoms with Crippen molar-refractivity contribution < 1.29 is 28.2 Å². The molecule has 9 nitrogen and oxygen atoms in total. The van der Waals surface area contributed by atoms with E-state index in [2.05, 4.69) is 9.98 Å². The second-order valence-electron chi connectivity index (χ2n) is 6.79. The summed E-state index contributed by atoms with van der Waals surface area (Å²) in [6.07, 6.45) is 2.90. The van der Waals surface area contributed by atoms with Gasteiger partial charge >= 0.3 is 11.9 Å². The van der Waals surface area contributed by atoms with Gasteiger partial charge in [-0.25, -0.2) is 9.98 Å². The molecular weight excluding hydrogens is 366 g/mol. The zero-order chi connectivity index (χ0) is 20.5. The number of oxazole rings is 1. The Morgan fingerprint density at radius 2 is 1.89 bits per heavy atom. The molecule has 0 bridgehead atoms. The highest BCUT2D eigenvalue weighted by Gasteiger charge is 2.46. The van der Waals surface area contributed by atoms with Crippen molar-refractivity contribution in [3.63, 3.8) is 0 Å². The van der Waals surface area contributed by atoms with Crippen LogP contribution in [0.5, 0.6) is 5.75 Å². The quantitative estimate of drug-likeness (QED) is 0.341. The molecule has 9 heteroatoms. The van der Waals surface area contributed by atoms with Gasteiger partial charge in [-0.2, -0.15) is 0 Å². The maximum atomic E-state index is 12.4. The van der Waals surface area contributed by atoms with Crippen molar-refractivity contribution in [2.75, 3.05) is 21.2 Å². The van der Waals surface area contributed by atoms with Gasteiger partial charge in [-0.3, -0.25) is 9.59 Å². The fourth-order valence-electron chi connectivity index (χ4n) is 2.79. The van der Waals surface area contributed by atoms with Gasteiger partial charge in [0, 0.05) is 34.0 Å². The van der Waals surface area contributed by atoms with E-state index in [1.807, 2.05) is 0 Å². The Bertz CT molecular complexity index is 898. The molecule has 1 aromatic heterocycles. The molecule has 148 valence electrons. The molecule has 1 aliphatic heterocycles. The van der Waals surface area contributed by atoms with Gasteiger partial charge in [0.2, 0.25) is 5.92 Å². The minimum Gasteiger partial charge on any atom is -0.496 e. The number of ether oxygens (including phenoxy) is 3. The van der Waals surface area contributed by atoms with Crippen LogP contribution in [0.1, 0.15) is 13.8 Å². The van der Waals surface area contributed by atoms with Crippen LogP contribution < -0.4 is 4.74 Å². The lowest BCUT2D eigenvalue weighted by Crippen LogP contribution is -2.51. The number of carbonyl (C=O) groups excluding carboxylic acids is 2. The van der Waals surface area contributed by atoms with Crippen molar-refractivity contribution in [1.29, 1.82) is 0 Å². The van der Waals surface area contributed by atoms with E-state index in [0.717, 1.165) is 0 Å². The van der Waals surface area contributed by atoms with E-state index >= 15 is 0 Å². The van der Waals surface area contributed by atoms with Crippen molar-refractivity contribution >= 4 is 23.5 Å². The molecule has 1 aliphatic rings. The van der Waals surface area contributed by atoms with Crippen LogP contribution >= 0.6 is 0 Å². The summed E-state index contributed by atoms with van der Waals surface area (Å²) in [5.41, 5.74) is 1.18. The van der Waals surface area contributed by atoms with Gasteiger partial charge in [0.25, 0.3) is 5.79 Å². The van der Waals surface area contributed by atoms with E-state index < -0.39 is 23.6 Å². The highest BCUT2D eigenvalue weighted by atomic mass is 16.7. The molecule has 1 aromatic carbocycles. The molecule has 0 unspecified atom stereocenters. The number of aromatic nitrogens is 1. The van der Waals surface area contributed by atoms with E-state index in [-0.39, 0.29) is 5.84 Å². The molecule has 2 heterocycles. The smallest absolute Gasteiger partial charge is 0.331 e. The minimum atomic E-state index is -1.30. The number of methoxy groups -OCH3 is 1. The lowest BCUT2D eigenvalue weighted by Gasteiger charge is -2.34. The van der Waals surface area contributed by atoms with E-state index in [9.17, 15) is 9.59 Å². The van der Waals surface area contributed by atoms with Crippen LogP contribution in [0.2, 0.25) is 0 Å². The van der Waals surface area contributed by atoms with Crippen molar-refractivity contribution in [2.45, 2.75) is 19.6 Å². The first-order valence-corrected chi connectivity index (χ1v) is 8.50. The van der Waals surface area contributed by atoms with Crippen molar-refractivity contribution in [3.8, 4) is 17.1 Å². The Kier molecular flexibility index (Phi) is 5.08. The van der Waals surface area contributed by atoms with Crippen LogP contribution in [0.15, 0.2) is 40.2 Å². The summed E-state index contributed by atoms with van der Waals surface area (Å²) in [4.78, 5) is 34.8. The summed E-state index contributed by atoms with van der Waals surface area (Å²) in [7, 11) is 4.88. The standard InChI is InChI=1S/C19H21N3O6/c1-19(2)27-17(23)15(18(24)28-19)16(22(3)4)21-11-6-7-12(13(8-11)25-5)14-9-20-10-26-14/h6-10,15H,1-5H3. The molecule has 0 spiro atoms. The van der Waals surface area contributed by atoms with E-state index in [1.54, 1.807) is 43.4 Å². The number of nitrogens with zero attached hydrogens (tertiary/aromatic N) is 3. The first-order chi connectivity index (χ1) is 13.2. The van der Waals surface area contributed by atoms with E-state index in [1.165, 1.54) is 27.4 Å². The second-order valence-corrected chi connectivity index (χ2v) is 6.79. The number of rotatable bonds is 4. The monoisotopic (exact) mass is 387 g/mol. The Morgan fingerprint density at radius 3 is 2.43 bits per heavy atom. The molecule has 0 N–H and O–H groups in total. The lowest BCUT2D eigenvalue weighted by molar-refractivity contribution is -0.236. The van der Waals surface area contributed by atoms with Gasteiger partial charge in [0.05, 0.1) is 24.6 Å². The molecule has 3 rings (SSSR count). The van der Waals surface area contributed by atoms with Gasteiger partial charge in [0.15, 0.2) is 12.2 Å². The van der Waals surface area contributed by atoms with Crippen molar-refractivity contribution in [1.82, 2.24) is 9.88 Å². The van der Waals surface area contributed by atoms with Gasteiger partial charge in [0.1, 0.15) is 11.6 Å². The molecule has 0 radical (unpaired) electrons. The number of benzene rings is 1. The molecule has 0 amide bonds. The van der Waals surface area contributed by atoms with Crippen LogP contribution in [0, 0.1) is 5.92 Å². The molecule has 1 fully saturated rings. The molecule has 2 aromatic rings. The zero-order valence-corrected chi connectivity index (χ0v) is 16.3. The van der Waals surface area contributed by atoms with E-state index in [0.29, 0.717) is 22.8 Å². The Balaban J connectivity index is 1.99. The second kappa shape index (κ2) is 7.34. The predicted molar refractivity (Wildman–Crippen MR) is 99.0 cm³/mol. The molecule has 0 aliphatic carbocycles.